The predicted molar refractivity (Wildman–Crippen MR) is 151 cm³/mol. The lowest BCUT2D eigenvalue weighted by molar-refractivity contribution is -0.117. The molecular formula is C32H25FN4O2. The molecule has 2 atom stereocenters. The minimum Gasteiger partial charge on any atom is -0.496 e. The molecule has 1 N–H and O–H groups in total. The number of anilines is 1. The highest BCUT2D eigenvalue weighted by molar-refractivity contribution is 6.15. The number of hydrogen-bond donors (Lipinski definition) is 1. The van der Waals surface area contributed by atoms with Crippen LogP contribution in [0.5, 0.6) is 5.75 Å². The Morgan fingerprint density at radius 2 is 1.67 bits per heavy atom. The third-order valence-electron chi connectivity index (χ3n) is 6.75. The van der Waals surface area contributed by atoms with Gasteiger partial charge in [0.05, 0.1) is 24.4 Å². The summed E-state index contributed by atoms with van der Waals surface area (Å²) in [5, 5.41) is 4.38. The van der Waals surface area contributed by atoms with Crippen LogP contribution in [0.25, 0.3) is 21.9 Å². The normalized spacial score (nSPS) is 15.9. The molecule has 1 amide bonds. The van der Waals surface area contributed by atoms with E-state index >= 15 is 0 Å². The van der Waals surface area contributed by atoms with Crippen molar-refractivity contribution in [1.29, 1.82) is 0 Å². The lowest BCUT2D eigenvalue weighted by Gasteiger charge is -2.13. The molecule has 2 aromatic heterocycles. The highest BCUT2D eigenvalue weighted by Gasteiger charge is 2.43. The van der Waals surface area contributed by atoms with Crippen LogP contribution in [0.3, 0.4) is 0 Å². The third kappa shape index (κ3) is 5.11. The first-order valence-corrected chi connectivity index (χ1v) is 12.7. The Bertz CT molecular complexity index is 1650. The first-order chi connectivity index (χ1) is 19.1. The number of carbonyl (C=O) groups is 1. The fourth-order valence-electron chi connectivity index (χ4n) is 4.59. The number of benzene rings is 3. The van der Waals surface area contributed by atoms with Gasteiger partial charge in [-0.15, -0.1) is 0 Å². The Labute approximate surface area is 225 Å². The fraction of sp³-hybridized carbons (Fsp3) is 0.125. The second kappa shape index (κ2) is 10.5. The van der Waals surface area contributed by atoms with Gasteiger partial charge >= 0.3 is 0 Å². The molecule has 2 heterocycles. The van der Waals surface area contributed by atoms with Crippen LogP contribution in [0.1, 0.15) is 17.5 Å². The van der Waals surface area contributed by atoms with E-state index in [2.05, 4.69) is 15.3 Å². The second-order valence-corrected chi connectivity index (χ2v) is 9.40. The number of methoxy groups -OCH3 is 1. The molecular weight excluding hydrogens is 491 g/mol. The number of halogens is 1. The van der Waals surface area contributed by atoms with E-state index in [0.717, 1.165) is 38.7 Å². The first kappa shape index (κ1) is 24.4. The molecule has 1 aliphatic carbocycles. The number of pyridine rings is 2. The average Bonchev–Trinajstić information content (AvgIpc) is 3.73. The maximum absolute atomic E-state index is 13.4. The van der Waals surface area contributed by atoms with Gasteiger partial charge in [0, 0.05) is 40.7 Å². The van der Waals surface area contributed by atoms with Crippen molar-refractivity contribution in [3.8, 4) is 16.9 Å². The summed E-state index contributed by atoms with van der Waals surface area (Å²) >= 11 is 0. The molecule has 192 valence electrons. The van der Waals surface area contributed by atoms with E-state index in [1.165, 1.54) is 0 Å². The molecule has 2 unspecified atom stereocenters. The molecule has 1 aliphatic rings. The monoisotopic (exact) mass is 516 g/mol. The minimum atomic E-state index is -1.08. The van der Waals surface area contributed by atoms with Gasteiger partial charge in [0.2, 0.25) is 5.91 Å². The van der Waals surface area contributed by atoms with Crippen molar-refractivity contribution in [3.05, 3.63) is 115 Å². The van der Waals surface area contributed by atoms with Gasteiger partial charge in [-0.2, -0.15) is 0 Å². The summed E-state index contributed by atoms with van der Waals surface area (Å²) in [5.41, 5.74) is 5.12. The molecule has 6 rings (SSSR count). The van der Waals surface area contributed by atoms with Crippen LogP contribution in [0, 0.1) is 5.92 Å². The molecule has 7 heteroatoms. The number of amides is 1. The van der Waals surface area contributed by atoms with Crippen molar-refractivity contribution in [1.82, 2.24) is 9.97 Å². The summed E-state index contributed by atoms with van der Waals surface area (Å²) < 4.78 is 19.0. The Morgan fingerprint density at radius 1 is 0.974 bits per heavy atom. The maximum Gasteiger partial charge on any atom is 0.231 e. The quantitative estimate of drug-likeness (QED) is 0.242. The number of aromatic nitrogens is 2. The van der Waals surface area contributed by atoms with Crippen LogP contribution in [0.4, 0.5) is 15.9 Å². The zero-order chi connectivity index (χ0) is 26.8. The standard InChI is InChI=1S/C32H25FN4O2/c1-39-29-12-13-34-18-26(29)22-14-23-16-30(37-32(38)24-17-27(24)33)35-19-25(23)28(15-22)36-31(20-8-4-2-5-9-20)21-10-6-3-7-11-21/h2-16,18-19,24,27H,17H2,1H3,(H,35,37,38). The topological polar surface area (TPSA) is 76.5 Å². The first-order valence-electron chi connectivity index (χ1n) is 12.7. The SMILES string of the molecule is COc1ccncc1-c1cc(N=C(c2ccccc2)c2ccccc2)c2cnc(NC(=O)C3CC3F)cc2c1. The molecule has 1 saturated carbocycles. The molecule has 39 heavy (non-hydrogen) atoms. The van der Waals surface area contributed by atoms with Crippen LogP contribution in [0.15, 0.2) is 109 Å². The van der Waals surface area contributed by atoms with Crippen molar-refractivity contribution in [2.24, 2.45) is 10.9 Å². The molecule has 0 aliphatic heterocycles. The van der Waals surface area contributed by atoms with Crippen molar-refractivity contribution in [2.45, 2.75) is 12.6 Å². The van der Waals surface area contributed by atoms with Crippen LogP contribution in [0.2, 0.25) is 0 Å². The maximum atomic E-state index is 13.4. The van der Waals surface area contributed by atoms with Gasteiger partial charge in [-0.25, -0.2) is 14.4 Å². The van der Waals surface area contributed by atoms with Crippen LogP contribution in [-0.4, -0.2) is 34.9 Å². The molecule has 0 spiro atoms. The van der Waals surface area contributed by atoms with E-state index in [4.69, 9.17) is 9.73 Å². The van der Waals surface area contributed by atoms with Gasteiger partial charge < -0.3 is 10.1 Å². The average molecular weight is 517 g/mol. The largest absolute Gasteiger partial charge is 0.496 e. The van der Waals surface area contributed by atoms with Gasteiger partial charge in [-0.1, -0.05) is 60.7 Å². The zero-order valence-corrected chi connectivity index (χ0v) is 21.2. The molecule has 3 aromatic carbocycles. The Hall–Kier alpha value is -4.91. The predicted octanol–water partition coefficient (Wildman–Crippen LogP) is 6.77. The van der Waals surface area contributed by atoms with E-state index in [0.29, 0.717) is 17.3 Å². The molecule has 5 aromatic rings. The van der Waals surface area contributed by atoms with Crippen LogP contribution >= 0.6 is 0 Å². The Kier molecular flexibility index (Phi) is 6.55. The van der Waals surface area contributed by atoms with Crippen molar-refractivity contribution >= 4 is 33.9 Å². The number of fused-ring (bicyclic) bond motifs is 1. The summed E-state index contributed by atoms with van der Waals surface area (Å²) in [6, 6.07) is 27.6. The summed E-state index contributed by atoms with van der Waals surface area (Å²) in [7, 11) is 1.62. The van der Waals surface area contributed by atoms with Gasteiger partial charge in [-0.3, -0.25) is 9.78 Å². The van der Waals surface area contributed by atoms with Gasteiger partial charge in [0.25, 0.3) is 0 Å². The van der Waals surface area contributed by atoms with E-state index in [-0.39, 0.29) is 12.3 Å². The van der Waals surface area contributed by atoms with E-state index in [9.17, 15) is 9.18 Å². The van der Waals surface area contributed by atoms with Crippen molar-refractivity contribution in [3.63, 3.8) is 0 Å². The lowest BCUT2D eigenvalue weighted by atomic mass is 9.99. The molecule has 1 fully saturated rings. The van der Waals surface area contributed by atoms with Crippen molar-refractivity contribution < 1.29 is 13.9 Å². The van der Waals surface area contributed by atoms with E-state index in [1.807, 2.05) is 78.9 Å². The summed E-state index contributed by atoms with van der Waals surface area (Å²) in [4.78, 5) is 26.3. The number of hydrogen-bond acceptors (Lipinski definition) is 5. The van der Waals surface area contributed by atoms with Crippen LogP contribution < -0.4 is 10.1 Å². The number of nitrogens with zero attached hydrogens (tertiary/aromatic N) is 3. The van der Waals surface area contributed by atoms with Crippen LogP contribution in [-0.2, 0) is 4.79 Å². The number of carbonyl (C=O) groups excluding carboxylic acids is 1. The smallest absolute Gasteiger partial charge is 0.231 e. The number of aliphatic imine (C=N–C) groups is 1. The number of ether oxygens (including phenoxy) is 1. The summed E-state index contributed by atoms with van der Waals surface area (Å²) in [6.45, 7) is 0. The molecule has 0 radical (unpaired) electrons. The molecule has 0 saturated heterocycles. The van der Waals surface area contributed by atoms with E-state index < -0.39 is 12.1 Å². The number of alkyl halides is 1. The van der Waals surface area contributed by atoms with Gasteiger partial charge in [-0.05, 0) is 41.6 Å². The highest BCUT2D eigenvalue weighted by atomic mass is 19.1. The molecule has 0 bridgehead atoms. The Morgan fingerprint density at radius 3 is 2.31 bits per heavy atom. The number of nitrogens with one attached hydrogen (secondary N) is 1. The van der Waals surface area contributed by atoms with Gasteiger partial charge in [0.1, 0.15) is 17.7 Å². The minimum absolute atomic E-state index is 0.255. The fourth-order valence-corrected chi connectivity index (χ4v) is 4.59. The molecule has 6 nitrogen and oxygen atoms in total. The van der Waals surface area contributed by atoms with Crippen molar-refractivity contribution in [2.75, 3.05) is 12.4 Å². The zero-order valence-electron chi connectivity index (χ0n) is 21.2. The van der Waals surface area contributed by atoms with Gasteiger partial charge in [0.15, 0.2) is 0 Å². The summed E-state index contributed by atoms with van der Waals surface area (Å²) in [5.74, 6) is 0.0835. The highest BCUT2D eigenvalue weighted by Crippen LogP contribution is 2.38. The lowest BCUT2D eigenvalue weighted by Crippen LogP contribution is -2.15. The summed E-state index contributed by atoms with van der Waals surface area (Å²) in [6.07, 6.45) is 4.30. The third-order valence-corrected chi connectivity index (χ3v) is 6.75. The second-order valence-electron chi connectivity index (χ2n) is 9.40. The Balaban J connectivity index is 1.54. The number of rotatable bonds is 7. The van der Waals surface area contributed by atoms with E-state index in [1.54, 1.807) is 31.8 Å².